The number of carbonyl (C=O) groups is 1. The van der Waals surface area contributed by atoms with E-state index in [0.717, 1.165) is 5.56 Å². The number of hydrogen-bond acceptors (Lipinski definition) is 4. The number of carbonyl (C=O) groups excluding carboxylic acids is 1. The van der Waals surface area contributed by atoms with Crippen molar-refractivity contribution in [3.8, 4) is 0 Å². The molecule has 24 heavy (non-hydrogen) atoms. The summed E-state index contributed by atoms with van der Waals surface area (Å²) in [5, 5.41) is 8.34. The third kappa shape index (κ3) is 3.68. The Bertz CT molecular complexity index is 965. The SMILES string of the molecule is CCS(=O)(=O)c1ccc(C)cc1Cn1cc(Cl)cc(C(N)=O)c1=N. The van der Waals surface area contributed by atoms with Gasteiger partial charge in [0.05, 0.1) is 27.8 Å². The molecule has 1 aromatic carbocycles. The van der Waals surface area contributed by atoms with Gasteiger partial charge in [-0.3, -0.25) is 10.2 Å². The molecule has 1 heterocycles. The minimum Gasteiger partial charge on any atom is -0.365 e. The van der Waals surface area contributed by atoms with E-state index < -0.39 is 15.7 Å². The first kappa shape index (κ1) is 18.2. The lowest BCUT2D eigenvalue weighted by Crippen LogP contribution is -2.30. The first-order valence-corrected chi connectivity index (χ1v) is 9.25. The third-order valence-corrected chi connectivity index (χ3v) is 5.68. The number of sulfone groups is 1. The second-order valence-electron chi connectivity index (χ2n) is 5.43. The van der Waals surface area contributed by atoms with Gasteiger partial charge in [0.1, 0.15) is 5.49 Å². The Kier molecular flexibility index (Phi) is 5.15. The van der Waals surface area contributed by atoms with Crippen LogP contribution in [0.15, 0.2) is 35.4 Å². The van der Waals surface area contributed by atoms with Gasteiger partial charge in [0.2, 0.25) is 0 Å². The molecule has 2 rings (SSSR count). The van der Waals surface area contributed by atoms with Gasteiger partial charge in [-0.2, -0.15) is 0 Å². The highest BCUT2D eigenvalue weighted by Gasteiger charge is 2.18. The van der Waals surface area contributed by atoms with Crippen molar-refractivity contribution in [2.75, 3.05) is 5.75 Å². The summed E-state index contributed by atoms with van der Waals surface area (Å²) in [5.41, 5.74) is 6.56. The summed E-state index contributed by atoms with van der Waals surface area (Å²) >= 11 is 5.99. The topological polar surface area (TPSA) is 106 Å². The van der Waals surface area contributed by atoms with Crippen LogP contribution in [0.2, 0.25) is 5.02 Å². The second-order valence-corrected chi connectivity index (χ2v) is 8.11. The summed E-state index contributed by atoms with van der Waals surface area (Å²) in [4.78, 5) is 11.7. The molecule has 0 atom stereocenters. The van der Waals surface area contributed by atoms with Crippen LogP contribution in [0.5, 0.6) is 0 Å². The van der Waals surface area contributed by atoms with Gasteiger partial charge in [-0.1, -0.05) is 36.2 Å². The monoisotopic (exact) mass is 367 g/mol. The zero-order valence-electron chi connectivity index (χ0n) is 13.3. The van der Waals surface area contributed by atoms with Crippen LogP contribution in [0.1, 0.15) is 28.4 Å². The number of halogens is 1. The van der Waals surface area contributed by atoms with Crippen molar-refractivity contribution < 1.29 is 13.2 Å². The minimum absolute atomic E-state index is 0.0185. The number of nitrogens with zero attached hydrogens (tertiary/aromatic N) is 1. The highest BCUT2D eigenvalue weighted by Crippen LogP contribution is 2.20. The molecule has 0 saturated carbocycles. The molecule has 0 bridgehead atoms. The van der Waals surface area contributed by atoms with Gasteiger partial charge in [-0.25, -0.2) is 8.42 Å². The predicted octanol–water partition coefficient (Wildman–Crippen LogP) is 1.87. The highest BCUT2D eigenvalue weighted by atomic mass is 35.5. The fraction of sp³-hybridized carbons (Fsp3) is 0.250. The van der Waals surface area contributed by atoms with E-state index in [1.807, 2.05) is 6.92 Å². The van der Waals surface area contributed by atoms with E-state index in [-0.39, 0.29) is 33.3 Å². The van der Waals surface area contributed by atoms with Crippen LogP contribution < -0.4 is 11.2 Å². The Morgan fingerprint density at radius 3 is 2.58 bits per heavy atom. The number of benzene rings is 1. The van der Waals surface area contributed by atoms with Gasteiger partial charge < -0.3 is 10.3 Å². The average Bonchev–Trinajstić information content (AvgIpc) is 2.50. The van der Waals surface area contributed by atoms with Crippen LogP contribution in [0.4, 0.5) is 0 Å². The second kappa shape index (κ2) is 6.78. The number of aromatic nitrogens is 1. The van der Waals surface area contributed by atoms with Gasteiger partial charge in [0.25, 0.3) is 5.91 Å². The van der Waals surface area contributed by atoms with E-state index in [2.05, 4.69) is 0 Å². The molecule has 3 N–H and O–H groups in total. The largest absolute Gasteiger partial charge is 0.365 e. The molecular weight excluding hydrogens is 350 g/mol. The molecule has 1 aromatic heterocycles. The van der Waals surface area contributed by atoms with Gasteiger partial charge >= 0.3 is 0 Å². The zero-order chi connectivity index (χ0) is 18.1. The molecule has 0 aliphatic rings. The molecule has 0 aliphatic heterocycles. The number of primary amides is 1. The third-order valence-electron chi connectivity index (χ3n) is 3.64. The lowest BCUT2D eigenvalue weighted by molar-refractivity contribution is 0.0997. The van der Waals surface area contributed by atoms with Crippen LogP contribution in [0, 0.1) is 12.3 Å². The number of aryl methyl sites for hydroxylation is 1. The maximum atomic E-state index is 12.3. The molecule has 2 aromatic rings. The summed E-state index contributed by atoms with van der Waals surface area (Å²) < 4.78 is 26.0. The fourth-order valence-electron chi connectivity index (χ4n) is 2.40. The maximum absolute atomic E-state index is 12.3. The standard InChI is InChI=1S/C16H18ClN3O3S/c1-3-24(22,23)14-5-4-10(2)6-11(14)8-20-9-12(17)7-13(15(20)18)16(19)21/h4-7,9,18H,3,8H2,1-2H3,(H2,19,21). The molecule has 8 heteroatoms. The lowest BCUT2D eigenvalue weighted by atomic mass is 10.1. The van der Waals surface area contributed by atoms with Crippen LogP contribution in [-0.2, 0) is 16.4 Å². The quantitative estimate of drug-likeness (QED) is 0.842. The number of amides is 1. The summed E-state index contributed by atoms with van der Waals surface area (Å²) in [6.07, 6.45) is 1.47. The van der Waals surface area contributed by atoms with Crippen molar-refractivity contribution in [1.82, 2.24) is 4.57 Å². The average molecular weight is 368 g/mol. The van der Waals surface area contributed by atoms with Crippen molar-refractivity contribution >= 4 is 27.3 Å². The molecule has 0 unspecified atom stereocenters. The molecule has 0 saturated heterocycles. The summed E-state index contributed by atoms with van der Waals surface area (Å²) in [5.74, 6) is -0.786. The number of hydrogen-bond donors (Lipinski definition) is 2. The van der Waals surface area contributed by atoms with Crippen LogP contribution >= 0.6 is 11.6 Å². The molecule has 0 spiro atoms. The van der Waals surface area contributed by atoms with E-state index >= 15 is 0 Å². The molecule has 0 radical (unpaired) electrons. The van der Waals surface area contributed by atoms with Gasteiger partial charge in [-0.15, -0.1) is 0 Å². The predicted molar refractivity (Wildman–Crippen MR) is 91.8 cm³/mol. The Morgan fingerprint density at radius 2 is 2.00 bits per heavy atom. The lowest BCUT2D eigenvalue weighted by Gasteiger charge is -2.14. The maximum Gasteiger partial charge on any atom is 0.252 e. The van der Waals surface area contributed by atoms with E-state index in [0.29, 0.717) is 5.56 Å². The molecule has 128 valence electrons. The molecule has 6 nitrogen and oxygen atoms in total. The summed E-state index contributed by atoms with van der Waals surface area (Å²) in [7, 11) is -3.41. The molecule has 0 fully saturated rings. The van der Waals surface area contributed by atoms with Gasteiger partial charge in [0.15, 0.2) is 9.84 Å². The number of nitrogens with two attached hydrogens (primary N) is 1. The summed E-state index contributed by atoms with van der Waals surface area (Å²) in [6, 6.07) is 6.36. The van der Waals surface area contributed by atoms with E-state index in [1.165, 1.54) is 16.8 Å². The molecule has 0 aliphatic carbocycles. The first-order chi connectivity index (χ1) is 11.2. The minimum atomic E-state index is -3.41. The molecule has 1 amide bonds. The number of pyridine rings is 1. The van der Waals surface area contributed by atoms with Crippen molar-refractivity contribution in [3.05, 3.63) is 57.7 Å². The van der Waals surface area contributed by atoms with Crippen molar-refractivity contribution in [1.29, 1.82) is 5.41 Å². The van der Waals surface area contributed by atoms with Crippen molar-refractivity contribution in [2.24, 2.45) is 5.73 Å². The van der Waals surface area contributed by atoms with Gasteiger partial charge in [0, 0.05) is 6.20 Å². The fourth-order valence-corrected chi connectivity index (χ4v) is 3.73. The van der Waals surface area contributed by atoms with E-state index in [4.69, 9.17) is 22.7 Å². The summed E-state index contributed by atoms with van der Waals surface area (Å²) in [6.45, 7) is 3.52. The van der Waals surface area contributed by atoms with Crippen LogP contribution in [-0.4, -0.2) is 24.6 Å². The Labute approximate surface area is 145 Å². The van der Waals surface area contributed by atoms with E-state index in [9.17, 15) is 13.2 Å². The number of rotatable bonds is 5. The van der Waals surface area contributed by atoms with Crippen molar-refractivity contribution in [3.63, 3.8) is 0 Å². The normalized spacial score (nSPS) is 11.5. The number of nitrogens with one attached hydrogen (secondary N) is 1. The van der Waals surface area contributed by atoms with Crippen LogP contribution in [0.25, 0.3) is 0 Å². The zero-order valence-corrected chi connectivity index (χ0v) is 14.9. The van der Waals surface area contributed by atoms with Gasteiger partial charge in [-0.05, 0) is 24.6 Å². The highest BCUT2D eigenvalue weighted by molar-refractivity contribution is 7.91. The first-order valence-electron chi connectivity index (χ1n) is 7.22. The Morgan fingerprint density at radius 1 is 1.33 bits per heavy atom. The van der Waals surface area contributed by atoms with Crippen molar-refractivity contribution in [2.45, 2.75) is 25.3 Å². The molecular formula is C16H18ClN3O3S. The van der Waals surface area contributed by atoms with E-state index in [1.54, 1.807) is 25.1 Å². The van der Waals surface area contributed by atoms with Crippen LogP contribution in [0.3, 0.4) is 0 Å². The smallest absolute Gasteiger partial charge is 0.252 e. The Hall–Kier alpha value is -2.12. The Balaban J connectivity index is 2.63.